The first-order valence-corrected chi connectivity index (χ1v) is 4.87. The molecule has 17 heavy (non-hydrogen) atoms. The van der Waals surface area contributed by atoms with E-state index in [1.54, 1.807) is 6.07 Å². The highest BCUT2D eigenvalue weighted by atomic mass is 19.1. The van der Waals surface area contributed by atoms with E-state index in [1.807, 2.05) is 0 Å². The first-order valence-electron chi connectivity index (χ1n) is 4.87. The molecule has 0 aliphatic rings. The predicted octanol–water partition coefficient (Wildman–Crippen LogP) is 1.38. The molecule has 1 rings (SSSR count). The zero-order valence-electron chi connectivity index (χ0n) is 9.34. The van der Waals surface area contributed by atoms with Gasteiger partial charge in [-0.05, 0) is 19.1 Å². The molecule has 0 fully saturated rings. The topological polar surface area (TPSA) is 64.9 Å². The second kappa shape index (κ2) is 5.25. The molecule has 1 amide bonds. The van der Waals surface area contributed by atoms with Gasteiger partial charge in [0.1, 0.15) is 11.7 Å². The van der Waals surface area contributed by atoms with Gasteiger partial charge < -0.3 is 10.6 Å². The first kappa shape index (κ1) is 12.9. The van der Waals surface area contributed by atoms with Crippen molar-refractivity contribution in [1.29, 1.82) is 5.26 Å². The Morgan fingerprint density at radius 2 is 1.94 bits per heavy atom. The Morgan fingerprint density at radius 1 is 1.41 bits per heavy atom. The number of likely N-dealkylation sites (N-methyl/N-ethyl adjacent to an activating group) is 1. The minimum Gasteiger partial charge on any atom is -0.369 e. The summed E-state index contributed by atoms with van der Waals surface area (Å²) in [6, 6.07) is 2.66. The largest absolute Gasteiger partial charge is 0.369 e. The highest BCUT2D eigenvalue weighted by Gasteiger charge is 2.17. The maximum atomic E-state index is 13.4. The molecule has 0 saturated carbocycles. The Balaban J connectivity index is 3.00. The van der Waals surface area contributed by atoms with E-state index >= 15 is 0 Å². The maximum absolute atomic E-state index is 13.4. The van der Waals surface area contributed by atoms with Crippen LogP contribution in [0.5, 0.6) is 0 Å². The van der Waals surface area contributed by atoms with Gasteiger partial charge in [0.25, 0.3) is 0 Å². The van der Waals surface area contributed by atoms with Crippen molar-refractivity contribution in [1.82, 2.24) is 5.32 Å². The number of amides is 1. The summed E-state index contributed by atoms with van der Waals surface area (Å²) in [5.41, 5.74) is -0.529. The lowest BCUT2D eigenvalue weighted by Gasteiger charge is -2.14. The molecule has 1 atom stereocenters. The van der Waals surface area contributed by atoms with Crippen LogP contribution in [0.25, 0.3) is 0 Å². The van der Waals surface area contributed by atoms with Crippen LogP contribution >= 0.6 is 0 Å². The molecule has 0 aromatic heterocycles. The van der Waals surface area contributed by atoms with E-state index in [9.17, 15) is 13.6 Å². The summed E-state index contributed by atoms with van der Waals surface area (Å²) in [5.74, 6) is -2.21. The van der Waals surface area contributed by atoms with E-state index in [2.05, 4.69) is 10.6 Å². The molecule has 0 aliphatic carbocycles. The SMILES string of the molecule is CNC(=O)C(C)Nc1c(F)cc(C#N)cc1F. The summed E-state index contributed by atoms with van der Waals surface area (Å²) in [5, 5.41) is 13.3. The lowest BCUT2D eigenvalue weighted by molar-refractivity contribution is -0.121. The Kier molecular flexibility index (Phi) is 3.99. The summed E-state index contributed by atoms with van der Waals surface area (Å²) < 4.78 is 26.9. The number of benzene rings is 1. The molecule has 4 nitrogen and oxygen atoms in total. The number of rotatable bonds is 3. The van der Waals surface area contributed by atoms with Crippen LogP contribution in [0.1, 0.15) is 12.5 Å². The summed E-state index contributed by atoms with van der Waals surface area (Å²) in [7, 11) is 1.42. The lowest BCUT2D eigenvalue weighted by Crippen LogP contribution is -2.35. The smallest absolute Gasteiger partial charge is 0.241 e. The number of anilines is 1. The molecular weight excluding hydrogens is 228 g/mol. The molecule has 1 aromatic carbocycles. The predicted molar refractivity (Wildman–Crippen MR) is 58.2 cm³/mol. The van der Waals surface area contributed by atoms with Gasteiger partial charge in [0.05, 0.1) is 11.6 Å². The lowest BCUT2D eigenvalue weighted by atomic mass is 10.2. The van der Waals surface area contributed by atoms with Crippen LogP contribution in [0, 0.1) is 23.0 Å². The van der Waals surface area contributed by atoms with Crippen molar-refractivity contribution < 1.29 is 13.6 Å². The highest BCUT2D eigenvalue weighted by molar-refractivity contribution is 5.83. The Hall–Kier alpha value is -2.16. The molecule has 0 aliphatic heterocycles. The minimum atomic E-state index is -0.905. The number of hydrogen-bond donors (Lipinski definition) is 2. The van der Waals surface area contributed by atoms with Crippen molar-refractivity contribution in [3.05, 3.63) is 29.3 Å². The Bertz CT molecular complexity index is 459. The standard InChI is InChI=1S/C11H11F2N3O/c1-6(11(17)15-2)16-10-8(12)3-7(5-14)4-9(10)13/h3-4,6,16H,1-2H3,(H,15,17). The molecule has 90 valence electrons. The van der Waals surface area contributed by atoms with E-state index in [-0.39, 0.29) is 5.56 Å². The fraction of sp³-hybridized carbons (Fsp3) is 0.273. The molecule has 0 saturated heterocycles. The van der Waals surface area contributed by atoms with Crippen molar-refractivity contribution in [2.45, 2.75) is 13.0 Å². The van der Waals surface area contributed by atoms with Crippen LogP contribution < -0.4 is 10.6 Å². The van der Waals surface area contributed by atoms with Crippen molar-refractivity contribution in [2.24, 2.45) is 0 Å². The van der Waals surface area contributed by atoms with E-state index in [1.165, 1.54) is 14.0 Å². The van der Waals surface area contributed by atoms with Gasteiger partial charge in [-0.15, -0.1) is 0 Å². The van der Waals surface area contributed by atoms with E-state index < -0.39 is 29.3 Å². The molecule has 0 bridgehead atoms. The summed E-state index contributed by atoms with van der Waals surface area (Å²) >= 11 is 0. The number of nitrogens with zero attached hydrogens (tertiary/aromatic N) is 1. The monoisotopic (exact) mass is 239 g/mol. The van der Waals surface area contributed by atoms with Gasteiger partial charge in [-0.25, -0.2) is 8.78 Å². The third-order valence-electron chi connectivity index (χ3n) is 2.17. The van der Waals surface area contributed by atoms with Gasteiger partial charge in [0, 0.05) is 7.05 Å². The van der Waals surface area contributed by atoms with E-state index in [4.69, 9.17) is 5.26 Å². The summed E-state index contributed by atoms with van der Waals surface area (Å²) in [4.78, 5) is 11.2. The van der Waals surface area contributed by atoms with Crippen molar-refractivity contribution in [3.8, 4) is 6.07 Å². The molecule has 1 unspecified atom stereocenters. The van der Waals surface area contributed by atoms with Gasteiger partial charge in [0.15, 0.2) is 11.6 Å². The molecule has 1 aromatic rings. The summed E-state index contributed by atoms with van der Waals surface area (Å²) in [6.07, 6.45) is 0. The van der Waals surface area contributed by atoms with Crippen LogP contribution in [0.2, 0.25) is 0 Å². The molecule has 6 heteroatoms. The normalized spacial score (nSPS) is 11.5. The molecule has 0 heterocycles. The Morgan fingerprint density at radius 3 is 2.35 bits per heavy atom. The second-order valence-electron chi connectivity index (χ2n) is 3.41. The quantitative estimate of drug-likeness (QED) is 0.837. The van der Waals surface area contributed by atoms with Crippen molar-refractivity contribution >= 4 is 11.6 Å². The highest BCUT2D eigenvalue weighted by Crippen LogP contribution is 2.21. The molecular formula is C11H11F2N3O. The molecule has 2 N–H and O–H groups in total. The van der Waals surface area contributed by atoms with Crippen molar-refractivity contribution in [3.63, 3.8) is 0 Å². The summed E-state index contributed by atoms with van der Waals surface area (Å²) in [6.45, 7) is 1.47. The first-order chi connectivity index (χ1) is 7.99. The fourth-order valence-corrected chi connectivity index (χ4v) is 1.27. The maximum Gasteiger partial charge on any atom is 0.241 e. The van der Waals surface area contributed by atoms with Crippen LogP contribution in [0.4, 0.5) is 14.5 Å². The third-order valence-corrected chi connectivity index (χ3v) is 2.17. The van der Waals surface area contributed by atoms with Gasteiger partial charge in [-0.1, -0.05) is 0 Å². The molecule has 0 spiro atoms. The Labute approximate surface area is 97.2 Å². The van der Waals surface area contributed by atoms with Gasteiger partial charge in [-0.3, -0.25) is 4.79 Å². The van der Waals surface area contributed by atoms with Gasteiger partial charge in [-0.2, -0.15) is 5.26 Å². The van der Waals surface area contributed by atoms with E-state index in [0.29, 0.717) is 0 Å². The number of carbonyl (C=O) groups excluding carboxylic acids is 1. The number of nitrogens with one attached hydrogen (secondary N) is 2. The van der Waals surface area contributed by atoms with Crippen LogP contribution in [0.3, 0.4) is 0 Å². The van der Waals surface area contributed by atoms with Crippen LogP contribution in [-0.4, -0.2) is 19.0 Å². The number of nitriles is 1. The zero-order chi connectivity index (χ0) is 13.0. The fourth-order valence-electron chi connectivity index (χ4n) is 1.27. The van der Waals surface area contributed by atoms with Crippen LogP contribution in [-0.2, 0) is 4.79 Å². The number of hydrogen-bond acceptors (Lipinski definition) is 3. The number of halogens is 2. The third kappa shape index (κ3) is 2.91. The molecule has 0 radical (unpaired) electrons. The average molecular weight is 239 g/mol. The number of carbonyl (C=O) groups is 1. The van der Waals surface area contributed by atoms with Crippen molar-refractivity contribution in [2.75, 3.05) is 12.4 Å². The van der Waals surface area contributed by atoms with Gasteiger partial charge >= 0.3 is 0 Å². The second-order valence-corrected chi connectivity index (χ2v) is 3.41. The van der Waals surface area contributed by atoms with E-state index in [0.717, 1.165) is 12.1 Å². The van der Waals surface area contributed by atoms with Gasteiger partial charge in [0.2, 0.25) is 5.91 Å². The van der Waals surface area contributed by atoms with Crippen LogP contribution in [0.15, 0.2) is 12.1 Å². The minimum absolute atomic E-state index is 0.113. The zero-order valence-corrected chi connectivity index (χ0v) is 9.34. The average Bonchev–Trinajstić information content (AvgIpc) is 2.31.